The summed E-state index contributed by atoms with van der Waals surface area (Å²) < 4.78 is 38.1. The molecule has 1 atom stereocenters. The molecule has 0 bridgehead atoms. The standard InChI is InChI=1S/C9H12FNO3S/c1-7(6-12)11-15(13,14)9-4-2-3-8(10)5-9/h2-5,7,11-12H,6H2,1H3. The first kappa shape index (κ1) is 12.1. The summed E-state index contributed by atoms with van der Waals surface area (Å²) in [4.78, 5) is -0.150. The average Bonchev–Trinajstić information content (AvgIpc) is 2.17. The Labute approximate surface area is 87.8 Å². The zero-order valence-electron chi connectivity index (χ0n) is 8.14. The molecule has 1 unspecified atom stereocenters. The van der Waals surface area contributed by atoms with Crippen LogP contribution in [0.1, 0.15) is 6.92 Å². The van der Waals surface area contributed by atoms with E-state index < -0.39 is 21.9 Å². The summed E-state index contributed by atoms with van der Waals surface area (Å²) in [6, 6.07) is 4.09. The second-order valence-corrected chi connectivity index (χ2v) is 4.88. The molecular formula is C9H12FNO3S. The van der Waals surface area contributed by atoms with Gasteiger partial charge < -0.3 is 5.11 Å². The number of hydrogen-bond acceptors (Lipinski definition) is 3. The molecule has 84 valence electrons. The summed E-state index contributed by atoms with van der Waals surface area (Å²) in [7, 11) is -3.74. The van der Waals surface area contributed by atoms with E-state index in [0.717, 1.165) is 12.1 Å². The Morgan fingerprint density at radius 2 is 2.20 bits per heavy atom. The van der Waals surface area contributed by atoms with Gasteiger partial charge in [0.1, 0.15) is 5.82 Å². The second-order valence-electron chi connectivity index (χ2n) is 3.16. The summed E-state index contributed by atoms with van der Waals surface area (Å²) in [5.74, 6) is -0.616. The fraction of sp³-hybridized carbons (Fsp3) is 0.333. The number of aliphatic hydroxyl groups excluding tert-OH is 1. The molecule has 15 heavy (non-hydrogen) atoms. The van der Waals surface area contributed by atoms with Crippen molar-refractivity contribution in [3.63, 3.8) is 0 Å². The molecule has 2 N–H and O–H groups in total. The van der Waals surface area contributed by atoms with Crippen molar-refractivity contribution in [2.75, 3.05) is 6.61 Å². The van der Waals surface area contributed by atoms with Crippen molar-refractivity contribution in [2.24, 2.45) is 0 Å². The molecule has 0 amide bonds. The van der Waals surface area contributed by atoms with Crippen molar-refractivity contribution >= 4 is 10.0 Å². The van der Waals surface area contributed by atoms with Crippen molar-refractivity contribution in [1.82, 2.24) is 4.72 Å². The third-order valence-electron chi connectivity index (χ3n) is 1.74. The fourth-order valence-electron chi connectivity index (χ4n) is 1.00. The molecule has 0 saturated heterocycles. The van der Waals surface area contributed by atoms with Crippen LogP contribution in [0.5, 0.6) is 0 Å². The largest absolute Gasteiger partial charge is 0.395 e. The average molecular weight is 233 g/mol. The molecule has 0 aliphatic carbocycles. The molecule has 0 radical (unpaired) electrons. The topological polar surface area (TPSA) is 66.4 Å². The first-order valence-corrected chi connectivity index (χ1v) is 5.83. The molecule has 1 rings (SSSR count). The maximum atomic E-state index is 12.8. The van der Waals surface area contributed by atoms with Crippen molar-refractivity contribution < 1.29 is 17.9 Å². The zero-order valence-corrected chi connectivity index (χ0v) is 8.96. The second kappa shape index (κ2) is 4.69. The van der Waals surface area contributed by atoms with E-state index in [1.54, 1.807) is 0 Å². The SMILES string of the molecule is CC(CO)NS(=O)(=O)c1cccc(F)c1. The van der Waals surface area contributed by atoms with Gasteiger partial charge >= 0.3 is 0 Å². The first-order chi connectivity index (χ1) is 6.95. The van der Waals surface area contributed by atoms with Crippen molar-refractivity contribution in [3.8, 4) is 0 Å². The Morgan fingerprint density at radius 3 is 2.73 bits per heavy atom. The minimum Gasteiger partial charge on any atom is -0.395 e. The Bertz CT molecular complexity index is 433. The van der Waals surface area contributed by atoms with Gasteiger partial charge in [-0.15, -0.1) is 0 Å². The fourth-order valence-corrected chi connectivity index (χ4v) is 2.27. The Hall–Kier alpha value is -0.980. The lowest BCUT2D eigenvalue weighted by Gasteiger charge is -2.11. The van der Waals surface area contributed by atoms with E-state index in [-0.39, 0.29) is 11.5 Å². The molecule has 0 aromatic heterocycles. The number of benzene rings is 1. The first-order valence-electron chi connectivity index (χ1n) is 4.34. The summed E-state index contributed by atoms with van der Waals surface area (Å²) in [6.07, 6.45) is 0. The van der Waals surface area contributed by atoms with Crippen LogP contribution in [0.2, 0.25) is 0 Å². The quantitative estimate of drug-likeness (QED) is 0.795. The summed E-state index contributed by atoms with van der Waals surface area (Å²) in [5, 5.41) is 8.70. The van der Waals surface area contributed by atoms with E-state index in [4.69, 9.17) is 5.11 Å². The highest BCUT2D eigenvalue weighted by atomic mass is 32.2. The highest BCUT2D eigenvalue weighted by Gasteiger charge is 2.16. The van der Waals surface area contributed by atoms with Gasteiger partial charge in [-0.05, 0) is 25.1 Å². The highest BCUT2D eigenvalue weighted by Crippen LogP contribution is 2.10. The lowest BCUT2D eigenvalue weighted by atomic mass is 10.4. The van der Waals surface area contributed by atoms with Gasteiger partial charge in [-0.1, -0.05) is 6.07 Å². The van der Waals surface area contributed by atoms with Crippen LogP contribution in [0.4, 0.5) is 4.39 Å². The summed E-state index contributed by atoms with van der Waals surface area (Å²) >= 11 is 0. The lowest BCUT2D eigenvalue weighted by molar-refractivity contribution is 0.265. The third-order valence-corrected chi connectivity index (χ3v) is 3.32. The number of halogens is 1. The molecule has 0 spiro atoms. The van der Waals surface area contributed by atoms with Crippen LogP contribution >= 0.6 is 0 Å². The molecule has 0 aliphatic heterocycles. The van der Waals surface area contributed by atoms with E-state index in [1.165, 1.54) is 19.1 Å². The van der Waals surface area contributed by atoms with E-state index >= 15 is 0 Å². The molecule has 1 aromatic rings. The molecule has 0 aliphatic rings. The normalized spacial score (nSPS) is 13.8. The number of sulfonamides is 1. The van der Waals surface area contributed by atoms with Gasteiger partial charge in [0.2, 0.25) is 10.0 Å². The number of aliphatic hydroxyl groups is 1. The van der Waals surface area contributed by atoms with E-state index in [1.807, 2.05) is 0 Å². The molecule has 0 fully saturated rings. The van der Waals surface area contributed by atoms with Gasteiger partial charge in [0.25, 0.3) is 0 Å². The van der Waals surface area contributed by atoms with Crippen LogP contribution in [-0.2, 0) is 10.0 Å². The van der Waals surface area contributed by atoms with Gasteiger partial charge in [0.15, 0.2) is 0 Å². The van der Waals surface area contributed by atoms with Crippen LogP contribution in [-0.4, -0.2) is 26.2 Å². The number of rotatable bonds is 4. The predicted molar refractivity (Wildman–Crippen MR) is 53.3 cm³/mol. The zero-order chi connectivity index (χ0) is 11.5. The van der Waals surface area contributed by atoms with E-state index in [2.05, 4.69) is 4.72 Å². The van der Waals surface area contributed by atoms with Gasteiger partial charge in [-0.3, -0.25) is 0 Å². The van der Waals surface area contributed by atoms with Crippen LogP contribution in [0.25, 0.3) is 0 Å². The summed E-state index contributed by atoms with van der Waals surface area (Å²) in [6.45, 7) is 1.20. The minimum absolute atomic E-state index is 0.150. The van der Waals surface area contributed by atoms with Gasteiger partial charge in [-0.25, -0.2) is 17.5 Å². The molecule has 4 nitrogen and oxygen atoms in total. The molecule has 0 heterocycles. The number of hydrogen-bond donors (Lipinski definition) is 2. The predicted octanol–water partition coefficient (Wildman–Crippen LogP) is 0.485. The molecular weight excluding hydrogens is 221 g/mol. The highest BCUT2D eigenvalue weighted by molar-refractivity contribution is 7.89. The maximum absolute atomic E-state index is 12.8. The van der Waals surface area contributed by atoms with E-state index in [9.17, 15) is 12.8 Å². The van der Waals surface area contributed by atoms with Crippen LogP contribution in [0, 0.1) is 5.82 Å². The Kier molecular flexibility index (Phi) is 3.78. The van der Waals surface area contributed by atoms with Crippen molar-refractivity contribution in [2.45, 2.75) is 17.9 Å². The molecule has 6 heteroatoms. The Balaban J connectivity index is 2.96. The van der Waals surface area contributed by atoms with E-state index in [0.29, 0.717) is 0 Å². The van der Waals surface area contributed by atoms with Crippen molar-refractivity contribution in [1.29, 1.82) is 0 Å². The van der Waals surface area contributed by atoms with Gasteiger partial charge in [-0.2, -0.15) is 0 Å². The lowest BCUT2D eigenvalue weighted by Crippen LogP contribution is -2.35. The third kappa shape index (κ3) is 3.26. The molecule has 0 saturated carbocycles. The summed E-state index contributed by atoms with van der Waals surface area (Å²) in [5.41, 5.74) is 0. The Morgan fingerprint density at radius 1 is 1.53 bits per heavy atom. The van der Waals surface area contributed by atoms with Crippen molar-refractivity contribution in [3.05, 3.63) is 30.1 Å². The van der Waals surface area contributed by atoms with Crippen LogP contribution in [0.15, 0.2) is 29.2 Å². The number of nitrogens with one attached hydrogen (secondary N) is 1. The minimum atomic E-state index is -3.74. The van der Waals surface area contributed by atoms with Gasteiger partial charge in [0.05, 0.1) is 11.5 Å². The monoisotopic (exact) mass is 233 g/mol. The van der Waals surface area contributed by atoms with Gasteiger partial charge in [0, 0.05) is 6.04 Å². The maximum Gasteiger partial charge on any atom is 0.240 e. The van der Waals surface area contributed by atoms with Crippen LogP contribution in [0.3, 0.4) is 0 Å². The van der Waals surface area contributed by atoms with Crippen LogP contribution < -0.4 is 4.72 Å². The smallest absolute Gasteiger partial charge is 0.240 e. The molecule has 1 aromatic carbocycles.